The van der Waals surface area contributed by atoms with Gasteiger partial charge < -0.3 is 9.84 Å². The van der Waals surface area contributed by atoms with Crippen molar-refractivity contribution in [1.29, 1.82) is 0 Å². The summed E-state index contributed by atoms with van der Waals surface area (Å²) >= 11 is 0. The first-order chi connectivity index (χ1) is 7.24. The molecule has 4 nitrogen and oxygen atoms in total. The van der Waals surface area contributed by atoms with Crippen LogP contribution in [0.5, 0.6) is 0 Å². The molecule has 1 saturated carbocycles. The van der Waals surface area contributed by atoms with Crippen LogP contribution in [0.15, 0.2) is 11.6 Å². The minimum absolute atomic E-state index is 0.0196. The average Bonchev–Trinajstić information content (AvgIpc) is 2.70. The van der Waals surface area contributed by atoms with Gasteiger partial charge in [-0.15, -0.1) is 0 Å². The number of rotatable bonds is 1. The standard InChI is InChI=1S/C11H15NO3/c1-2-6-7-4-3-5-12-8(7)10(9(6)13)15-11(12)14/h4,6,8-10,13H,2-3,5H2,1H3/t6-,8+,9-,10+/m1/s1. The van der Waals surface area contributed by atoms with Gasteiger partial charge in [-0.2, -0.15) is 0 Å². The number of hydrogen-bond acceptors (Lipinski definition) is 3. The van der Waals surface area contributed by atoms with Gasteiger partial charge in [0.15, 0.2) is 6.10 Å². The largest absolute Gasteiger partial charge is 0.441 e. The molecule has 1 saturated heterocycles. The summed E-state index contributed by atoms with van der Waals surface area (Å²) in [5.41, 5.74) is 1.21. The van der Waals surface area contributed by atoms with Crippen molar-refractivity contribution in [2.75, 3.05) is 6.54 Å². The molecule has 0 aromatic heterocycles. The van der Waals surface area contributed by atoms with Crippen molar-refractivity contribution in [3.8, 4) is 0 Å². The van der Waals surface area contributed by atoms with Crippen LogP contribution in [-0.4, -0.2) is 40.9 Å². The highest BCUT2D eigenvalue weighted by Crippen LogP contribution is 2.44. The highest BCUT2D eigenvalue weighted by atomic mass is 16.6. The molecular formula is C11H15NO3. The maximum absolute atomic E-state index is 11.5. The number of aliphatic hydroxyl groups is 1. The first-order valence-electron chi connectivity index (χ1n) is 5.59. The summed E-state index contributed by atoms with van der Waals surface area (Å²) in [6.07, 6.45) is 2.87. The van der Waals surface area contributed by atoms with Gasteiger partial charge in [0.2, 0.25) is 0 Å². The molecule has 4 heteroatoms. The van der Waals surface area contributed by atoms with E-state index in [0.29, 0.717) is 0 Å². The fourth-order valence-electron chi connectivity index (χ4n) is 3.16. The van der Waals surface area contributed by atoms with E-state index in [9.17, 15) is 9.90 Å². The molecule has 2 aliphatic heterocycles. The van der Waals surface area contributed by atoms with E-state index < -0.39 is 6.10 Å². The summed E-state index contributed by atoms with van der Waals surface area (Å²) < 4.78 is 5.24. The number of amides is 1. The van der Waals surface area contributed by atoms with Gasteiger partial charge in [-0.3, -0.25) is 4.90 Å². The molecule has 0 unspecified atom stereocenters. The number of hydrogen-bond donors (Lipinski definition) is 1. The molecule has 3 aliphatic rings. The quantitative estimate of drug-likeness (QED) is 0.653. The second-order valence-electron chi connectivity index (χ2n) is 4.48. The van der Waals surface area contributed by atoms with Crippen LogP contribution in [0.3, 0.4) is 0 Å². The van der Waals surface area contributed by atoms with E-state index in [2.05, 4.69) is 13.0 Å². The van der Waals surface area contributed by atoms with Crippen LogP contribution in [0.4, 0.5) is 4.79 Å². The summed E-state index contributed by atoms with van der Waals surface area (Å²) in [5.74, 6) is 0.177. The lowest BCUT2D eigenvalue weighted by Gasteiger charge is -2.27. The molecule has 4 atom stereocenters. The van der Waals surface area contributed by atoms with Crippen molar-refractivity contribution in [3.05, 3.63) is 11.6 Å². The molecule has 0 radical (unpaired) electrons. The molecule has 1 amide bonds. The number of carbonyl (C=O) groups is 1. The molecule has 15 heavy (non-hydrogen) atoms. The molecule has 0 aromatic carbocycles. The Morgan fingerprint density at radius 3 is 3.20 bits per heavy atom. The van der Waals surface area contributed by atoms with Crippen LogP contribution in [-0.2, 0) is 4.74 Å². The number of carbonyl (C=O) groups excluding carboxylic acids is 1. The zero-order valence-corrected chi connectivity index (χ0v) is 8.72. The van der Waals surface area contributed by atoms with Crippen molar-refractivity contribution in [1.82, 2.24) is 4.90 Å². The molecule has 2 heterocycles. The lowest BCUT2D eigenvalue weighted by molar-refractivity contribution is 0.0218. The third-order valence-corrected chi connectivity index (χ3v) is 3.83. The molecule has 0 spiro atoms. The molecule has 0 aromatic rings. The molecular weight excluding hydrogens is 194 g/mol. The van der Waals surface area contributed by atoms with Crippen molar-refractivity contribution in [2.24, 2.45) is 5.92 Å². The maximum atomic E-state index is 11.5. The Morgan fingerprint density at radius 2 is 2.47 bits per heavy atom. The summed E-state index contributed by atoms with van der Waals surface area (Å²) in [5, 5.41) is 10.1. The van der Waals surface area contributed by atoms with Gasteiger partial charge in [-0.05, 0) is 18.4 Å². The summed E-state index contributed by atoms with van der Waals surface area (Å²) in [6, 6.07) is 0.0196. The van der Waals surface area contributed by atoms with Crippen molar-refractivity contribution in [2.45, 2.75) is 38.0 Å². The van der Waals surface area contributed by atoms with E-state index in [0.717, 1.165) is 19.4 Å². The Kier molecular flexibility index (Phi) is 1.83. The van der Waals surface area contributed by atoms with E-state index in [1.807, 2.05) is 0 Å². The van der Waals surface area contributed by atoms with Crippen LogP contribution < -0.4 is 0 Å². The van der Waals surface area contributed by atoms with Gasteiger partial charge in [0.1, 0.15) is 0 Å². The number of aliphatic hydroxyl groups excluding tert-OH is 1. The van der Waals surface area contributed by atoms with Crippen molar-refractivity contribution < 1.29 is 14.6 Å². The molecule has 1 N–H and O–H groups in total. The van der Waals surface area contributed by atoms with Gasteiger partial charge in [-0.1, -0.05) is 13.0 Å². The minimum atomic E-state index is -0.515. The zero-order chi connectivity index (χ0) is 10.6. The molecule has 82 valence electrons. The van der Waals surface area contributed by atoms with Gasteiger partial charge in [-0.25, -0.2) is 4.79 Å². The van der Waals surface area contributed by atoms with E-state index >= 15 is 0 Å². The van der Waals surface area contributed by atoms with E-state index in [-0.39, 0.29) is 24.2 Å². The monoisotopic (exact) mass is 209 g/mol. The van der Waals surface area contributed by atoms with Crippen LogP contribution in [0, 0.1) is 5.92 Å². The maximum Gasteiger partial charge on any atom is 0.410 e. The fourth-order valence-corrected chi connectivity index (χ4v) is 3.16. The molecule has 1 aliphatic carbocycles. The number of ether oxygens (including phenoxy) is 1. The fraction of sp³-hybridized carbons (Fsp3) is 0.727. The Hall–Kier alpha value is -1.03. The smallest absolute Gasteiger partial charge is 0.410 e. The zero-order valence-electron chi connectivity index (χ0n) is 8.72. The second kappa shape index (κ2) is 2.98. The lowest BCUT2D eigenvalue weighted by atomic mass is 9.94. The first-order valence-corrected chi connectivity index (χ1v) is 5.59. The third kappa shape index (κ3) is 1.03. The topological polar surface area (TPSA) is 49.8 Å². The SMILES string of the molecule is CC[C@@H]1C2=CCCN3C(=O)O[C@H]([C@@H]1O)[C@H]23. The minimum Gasteiger partial charge on any atom is -0.441 e. The van der Waals surface area contributed by atoms with E-state index in [1.165, 1.54) is 5.57 Å². The molecule has 3 rings (SSSR count). The second-order valence-corrected chi connectivity index (χ2v) is 4.48. The van der Waals surface area contributed by atoms with Crippen LogP contribution in [0.25, 0.3) is 0 Å². The number of nitrogens with zero attached hydrogens (tertiary/aromatic N) is 1. The predicted molar refractivity (Wildman–Crippen MR) is 53.3 cm³/mol. The van der Waals surface area contributed by atoms with Crippen LogP contribution in [0.1, 0.15) is 19.8 Å². The molecule has 2 fully saturated rings. The van der Waals surface area contributed by atoms with Crippen molar-refractivity contribution in [3.63, 3.8) is 0 Å². The third-order valence-electron chi connectivity index (χ3n) is 3.83. The highest BCUT2D eigenvalue weighted by Gasteiger charge is 2.56. The van der Waals surface area contributed by atoms with Gasteiger partial charge in [0.05, 0.1) is 12.1 Å². The van der Waals surface area contributed by atoms with Crippen LogP contribution >= 0.6 is 0 Å². The highest BCUT2D eigenvalue weighted by molar-refractivity contribution is 5.73. The Bertz CT molecular complexity index is 339. The first kappa shape index (κ1) is 9.21. The summed E-state index contributed by atoms with van der Waals surface area (Å²) in [6.45, 7) is 2.79. The van der Waals surface area contributed by atoms with E-state index in [1.54, 1.807) is 4.90 Å². The van der Waals surface area contributed by atoms with Crippen LogP contribution in [0.2, 0.25) is 0 Å². The van der Waals surface area contributed by atoms with Crippen molar-refractivity contribution >= 4 is 6.09 Å². The van der Waals surface area contributed by atoms with Gasteiger partial charge in [0, 0.05) is 12.5 Å². The summed E-state index contributed by atoms with van der Waals surface area (Å²) in [4.78, 5) is 13.3. The Morgan fingerprint density at radius 1 is 1.67 bits per heavy atom. The average molecular weight is 209 g/mol. The summed E-state index contributed by atoms with van der Waals surface area (Å²) in [7, 11) is 0. The van der Waals surface area contributed by atoms with E-state index in [4.69, 9.17) is 4.74 Å². The normalized spacial score (nSPS) is 42.7. The lowest BCUT2D eigenvalue weighted by Crippen LogP contribution is -2.39. The van der Waals surface area contributed by atoms with Gasteiger partial charge >= 0.3 is 6.09 Å². The predicted octanol–water partition coefficient (Wildman–Crippen LogP) is 0.907. The molecule has 0 bridgehead atoms. The Balaban J connectivity index is 2.02. The Labute approximate surface area is 88.5 Å². The van der Waals surface area contributed by atoms with Gasteiger partial charge in [0.25, 0.3) is 0 Å².